The molecule has 0 bridgehead atoms. The Bertz CT molecular complexity index is 1430. The van der Waals surface area contributed by atoms with Crippen molar-refractivity contribution in [3.8, 4) is 0 Å². The molecule has 0 saturated carbocycles. The lowest BCUT2D eigenvalue weighted by atomic mass is 9.93. The summed E-state index contributed by atoms with van der Waals surface area (Å²) in [6.07, 6.45) is 1.43. The molecule has 6 nitrogen and oxygen atoms in total. The summed E-state index contributed by atoms with van der Waals surface area (Å²) in [4.78, 5) is 19.1. The molecule has 1 fully saturated rings. The minimum Gasteiger partial charge on any atom is -0.340 e. The van der Waals surface area contributed by atoms with Crippen LogP contribution in [-0.2, 0) is 21.2 Å². The van der Waals surface area contributed by atoms with E-state index in [-0.39, 0.29) is 30.9 Å². The smallest absolute Gasteiger partial charge is 0.243 e. The molecule has 0 radical (unpaired) electrons. The summed E-state index contributed by atoms with van der Waals surface area (Å²) < 4.78 is 42.8. The third-order valence-electron chi connectivity index (χ3n) is 7.58. The Morgan fingerprint density at radius 3 is 2.50 bits per heavy atom. The number of carbonyl (C=O) groups excluding carboxylic acids is 1. The van der Waals surface area contributed by atoms with Gasteiger partial charge in [-0.25, -0.2) is 12.8 Å². The highest BCUT2D eigenvalue weighted by atomic mass is 32.2. The predicted octanol–water partition coefficient (Wildman–Crippen LogP) is 4.68. The van der Waals surface area contributed by atoms with E-state index in [9.17, 15) is 17.6 Å². The van der Waals surface area contributed by atoms with Crippen LogP contribution >= 0.6 is 11.3 Å². The standard InChI is InChI=1S/C29H34FN3O3S2/c1-20-16-21(2)29(22(3)17-20)38(35,36)33-11-5-10-31(13-14-33)27(34)19-32-12-8-26-25(9-15-37-26)28(32)23-6-4-7-24(30)18-23/h4,6-7,9,15-18,28H,5,8,10-14,19H2,1-3H3/t28-/m0/s1. The van der Waals surface area contributed by atoms with Crippen LogP contribution in [0.15, 0.2) is 52.7 Å². The van der Waals surface area contributed by atoms with Crippen molar-refractivity contribution in [1.82, 2.24) is 14.1 Å². The second-order valence-corrected chi connectivity index (χ2v) is 13.2. The summed E-state index contributed by atoms with van der Waals surface area (Å²) in [5.41, 5.74) is 4.52. The molecule has 1 aromatic heterocycles. The molecule has 0 N–H and O–H groups in total. The van der Waals surface area contributed by atoms with Gasteiger partial charge in [0.05, 0.1) is 17.5 Å². The number of thiophene rings is 1. The number of benzene rings is 2. The molecule has 9 heteroatoms. The molecule has 3 aromatic rings. The number of hydrogen-bond donors (Lipinski definition) is 0. The van der Waals surface area contributed by atoms with E-state index in [4.69, 9.17) is 0 Å². The van der Waals surface area contributed by atoms with Gasteiger partial charge < -0.3 is 4.90 Å². The lowest BCUT2D eigenvalue weighted by molar-refractivity contribution is -0.132. The summed E-state index contributed by atoms with van der Waals surface area (Å²) >= 11 is 1.70. The van der Waals surface area contributed by atoms with Crippen LogP contribution in [0.4, 0.5) is 4.39 Å². The largest absolute Gasteiger partial charge is 0.340 e. The molecule has 3 heterocycles. The molecule has 0 spiro atoms. The summed E-state index contributed by atoms with van der Waals surface area (Å²) in [6, 6.07) is 12.3. The van der Waals surface area contributed by atoms with Crippen molar-refractivity contribution in [1.29, 1.82) is 0 Å². The Hall–Kier alpha value is -2.59. The van der Waals surface area contributed by atoms with Crippen molar-refractivity contribution in [2.24, 2.45) is 0 Å². The van der Waals surface area contributed by atoms with E-state index in [0.29, 0.717) is 37.5 Å². The van der Waals surface area contributed by atoms with E-state index in [2.05, 4.69) is 16.3 Å². The van der Waals surface area contributed by atoms with Crippen LogP contribution in [0.3, 0.4) is 0 Å². The maximum absolute atomic E-state index is 14.1. The van der Waals surface area contributed by atoms with Crippen molar-refractivity contribution in [3.05, 3.63) is 86.4 Å². The number of sulfonamides is 1. The van der Waals surface area contributed by atoms with Crippen molar-refractivity contribution in [3.63, 3.8) is 0 Å². The molecule has 0 aliphatic carbocycles. The fourth-order valence-corrected chi connectivity index (χ4v) is 8.75. The van der Waals surface area contributed by atoms with Gasteiger partial charge in [0.25, 0.3) is 0 Å². The number of hydrogen-bond acceptors (Lipinski definition) is 5. The Balaban J connectivity index is 1.31. The van der Waals surface area contributed by atoms with Crippen LogP contribution in [-0.4, -0.2) is 67.7 Å². The van der Waals surface area contributed by atoms with Gasteiger partial charge in [0.1, 0.15) is 5.82 Å². The minimum absolute atomic E-state index is 0.0213. The van der Waals surface area contributed by atoms with Gasteiger partial charge in [-0.2, -0.15) is 4.31 Å². The van der Waals surface area contributed by atoms with Crippen LogP contribution < -0.4 is 0 Å². The maximum Gasteiger partial charge on any atom is 0.243 e. The van der Waals surface area contributed by atoms with E-state index < -0.39 is 10.0 Å². The van der Waals surface area contributed by atoms with Crippen molar-refractivity contribution < 1.29 is 17.6 Å². The average Bonchev–Trinajstić information content (AvgIpc) is 3.17. The van der Waals surface area contributed by atoms with Crippen LogP contribution in [0.25, 0.3) is 0 Å². The van der Waals surface area contributed by atoms with Gasteiger partial charge in [-0.15, -0.1) is 11.3 Å². The third-order valence-corrected chi connectivity index (χ3v) is 10.8. The molecular formula is C29H34FN3O3S2. The second-order valence-electron chi connectivity index (χ2n) is 10.3. The summed E-state index contributed by atoms with van der Waals surface area (Å²) in [6.45, 7) is 8.07. The summed E-state index contributed by atoms with van der Waals surface area (Å²) in [5.74, 6) is -0.309. The number of halogens is 1. The molecule has 1 atom stereocenters. The Morgan fingerprint density at radius 2 is 1.76 bits per heavy atom. The van der Waals surface area contributed by atoms with Gasteiger partial charge in [-0.05, 0) is 79.4 Å². The molecule has 38 heavy (non-hydrogen) atoms. The Morgan fingerprint density at radius 1 is 1.00 bits per heavy atom. The minimum atomic E-state index is -3.67. The van der Waals surface area contributed by atoms with Crippen LogP contribution in [0, 0.1) is 26.6 Å². The van der Waals surface area contributed by atoms with Gasteiger partial charge in [0.15, 0.2) is 0 Å². The summed E-state index contributed by atoms with van der Waals surface area (Å²) in [5, 5.41) is 2.06. The highest BCUT2D eigenvalue weighted by Gasteiger charge is 2.34. The molecule has 1 saturated heterocycles. The number of amides is 1. The monoisotopic (exact) mass is 555 g/mol. The quantitative estimate of drug-likeness (QED) is 0.459. The zero-order valence-corrected chi connectivity index (χ0v) is 23.7. The first-order chi connectivity index (χ1) is 18.1. The van der Waals surface area contributed by atoms with Crippen molar-refractivity contribution in [2.75, 3.05) is 39.3 Å². The molecule has 202 valence electrons. The molecule has 1 amide bonds. The molecule has 2 aromatic carbocycles. The first-order valence-corrected chi connectivity index (χ1v) is 15.4. The molecule has 5 rings (SSSR count). The van der Waals surface area contributed by atoms with Crippen LogP contribution in [0.1, 0.15) is 45.2 Å². The highest BCUT2D eigenvalue weighted by molar-refractivity contribution is 7.89. The lowest BCUT2D eigenvalue weighted by Gasteiger charge is -2.37. The van der Waals surface area contributed by atoms with Crippen LogP contribution in [0.5, 0.6) is 0 Å². The zero-order valence-electron chi connectivity index (χ0n) is 22.1. The fourth-order valence-electron chi connectivity index (χ4n) is 5.97. The molecule has 2 aliphatic heterocycles. The third kappa shape index (κ3) is 5.30. The predicted molar refractivity (Wildman–Crippen MR) is 148 cm³/mol. The first-order valence-electron chi connectivity index (χ1n) is 13.1. The fraction of sp³-hybridized carbons (Fsp3) is 0.414. The highest BCUT2D eigenvalue weighted by Crippen LogP contribution is 2.38. The van der Waals surface area contributed by atoms with Gasteiger partial charge in [0.2, 0.25) is 15.9 Å². The number of aryl methyl sites for hydroxylation is 3. The average molecular weight is 556 g/mol. The van der Waals surface area contributed by atoms with Crippen molar-refractivity contribution >= 4 is 27.3 Å². The van der Waals surface area contributed by atoms with Gasteiger partial charge in [-0.1, -0.05) is 29.8 Å². The topological polar surface area (TPSA) is 60.9 Å². The van der Waals surface area contributed by atoms with E-state index in [1.807, 2.05) is 39.0 Å². The number of carbonyl (C=O) groups is 1. The van der Waals surface area contributed by atoms with E-state index >= 15 is 0 Å². The molecular weight excluding hydrogens is 521 g/mol. The molecule has 0 unspecified atom stereocenters. The molecule has 2 aliphatic rings. The normalized spacial score (nSPS) is 19.3. The number of rotatable bonds is 5. The SMILES string of the molecule is Cc1cc(C)c(S(=O)(=O)N2CCCN(C(=O)CN3CCc4sccc4[C@@H]3c3cccc(F)c3)CC2)c(C)c1. The van der Waals surface area contributed by atoms with E-state index in [1.165, 1.54) is 15.2 Å². The number of fused-ring (bicyclic) bond motifs is 1. The van der Waals surface area contributed by atoms with Crippen LogP contribution in [0.2, 0.25) is 0 Å². The number of nitrogens with zero attached hydrogens (tertiary/aromatic N) is 3. The lowest BCUT2D eigenvalue weighted by Crippen LogP contribution is -2.45. The Kier molecular flexibility index (Phi) is 7.73. The van der Waals surface area contributed by atoms with Gasteiger partial charge >= 0.3 is 0 Å². The van der Waals surface area contributed by atoms with Crippen molar-refractivity contribution in [2.45, 2.75) is 44.6 Å². The van der Waals surface area contributed by atoms with Gasteiger partial charge in [0, 0.05) is 37.6 Å². The second kappa shape index (κ2) is 10.9. The zero-order chi connectivity index (χ0) is 27.0. The Labute approximate surface area is 228 Å². The maximum atomic E-state index is 14.1. The first kappa shape index (κ1) is 27.0. The van der Waals surface area contributed by atoms with Gasteiger partial charge in [-0.3, -0.25) is 9.69 Å². The van der Waals surface area contributed by atoms with E-state index in [0.717, 1.165) is 34.2 Å². The van der Waals surface area contributed by atoms with E-state index in [1.54, 1.807) is 28.4 Å². The summed E-state index contributed by atoms with van der Waals surface area (Å²) in [7, 11) is -3.67.